The number of ether oxygens (including phenoxy) is 1. The fourth-order valence-electron chi connectivity index (χ4n) is 2.02. The molecule has 1 aliphatic rings. The predicted octanol–water partition coefficient (Wildman–Crippen LogP) is 2.67. The van der Waals surface area contributed by atoms with Gasteiger partial charge in [-0.15, -0.1) is 0 Å². The van der Waals surface area contributed by atoms with E-state index in [0.717, 1.165) is 19.4 Å². The van der Waals surface area contributed by atoms with E-state index in [2.05, 4.69) is 15.9 Å². The van der Waals surface area contributed by atoms with Crippen LogP contribution < -0.4 is 0 Å². The summed E-state index contributed by atoms with van der Waals surface area (Å²) in [5.74, 6) is 0.367. The maximum atomic E-state index is 12.4. The number of hydrogen-bond acceptors (Lipinski definition) is 2. The molecular formula is C10H17BrF3NO. The molecule has 2 atom stereocenters. The van der Waals surface area contributed by atoms with Gasteiger partial charge in [-0.3, -0.25) is 0 Å². The van der Waals surface area contributed by atoms with Crippen LogP contribution in [-0.2, 0) is 4.74 Å². The van der Waals surface area contributed by atoms with Gasteiger partial charge < -0.3 is 9.64 Å². The van der Waals surface area contributed by atoms with Crippen LogP contribution in [0.1, 0.15) is 12.8 Å². The van der Waals surface area contributed by atoms with Crippen molar-refractivity contribution in [2.45, 2.75) is 23.8 Å². The van der Waals surface area contributed by atoms with Crippen LogP contribution in [0.5, 0.6) is 0 Å². The average molecular weight is 304 g/mol. The van der Waals surface area contributed by atoms with Gasteiger partial charge in [-0.2, -0.15) is 13.2 Å². The van der Waals surface area contributed by atoms with Crippen molar-refractivity contribution in [2.75, 3.05) is 33.4 Å². The first-order valence-corrected chi connectivity index (χ1v) is 6.27. The van der Waals surface area contributed by atoms with Crippen molar-refractivity contribution in [1.82, 2.24) is 4.90 Å². The molecule has 0 aromatic heterocycles. The van der Waals surface area contributed by atoms with Crippen molar-refractivity contribution < 1.29 is 17.9 Å². The third-order valence-corrected chi connectivity index (χ3v) is 3.59. The second kappa shape index (κ2) is 6.21. The van der Waals surface area contributed by atoms with Gasteiger partial charge in [0.1, 0.15) is 4.83 Å². The minimum Gasteiger partial charge on any atom is -0.384 e. The summed E-state index contributed by atoms with van der Waals surface area (Å²) in [5, 5.41) is 0. The fraction of sp³-hybridized carbons (Fsp3) is 1.00. The van der Waals surface area contributed by atoms with Crippen LogP contribution in [-0.4, -0.2) is 49.3 Å². The Morgan fingerprint density at radius 3 is 2.75 bits per heavy atom. The highest BCUT2D eigenvalue weighted by Gasteiger charge is 2.39. The first-order valence-electron chi connectivity index (χ1n) is 5.35. The summed E-state index contributed by atoms with van der Waals surface area (Å²) < 4.78 is 42.1. The minimum absolute atomic E-state index is 0.0315. The monoisotopic (exact) mass is 303 g/mol. The Hall–Kier alpha value is 0.190. The van der Waals surface area contributed by atoms with E-state index in [1.54, 1.807) is 7.11 Å². The van der Waals surface area contributed by atoms with Crippen LogP contribution >= 0.6 is 15.9 Å². The SMILES string of the molecule is COCC1CCCN(CC(Br)C(F)(F)F)C1. The summed E-state index contributed by atoms with van der Waals surface area (Å²) in [5.41, 5.74) is 0. The third kappa shape index (κ3) is 4.59. The Kier molecular flexibility index (Phi) is 5.53. The summed E-state index contributed by atoms with van der Waals surface area (Å²) >= 11 is 2.69. The lowest BCUT2D eigenvalue weighted by molar-refractivity contribution is -0.131. The number of hydrogen-bond donors (Lipinski definition) is 0. The number of likely N-dealkylation sites (tertiary alicyclic amines) is 1. The van der Waals surface area contributed by atoms with Crippen LogP contribution in [0.4, 0.5) is 13.2 Å². The van der Waals surface area contributed by atoms with Crippen molar-refractivity contribution in [2.24, 2.45) is 5.92 Å². The second-order valence-corrected chi connectivity index (χ2v) is 5.34. The zero-order chi connectivity index (χ0) is 12.2. The maximum Gasteiger partial charge on any atom is 0.402 e. The van der Waals surface area contributed by atoms with Crippen molar-refractivity contribution in [3.8, 4) is 0 Å². The van der Waals surface area contributed by atoms with Crippen molar-refractivity contribution in [3.63, 3.8) is 0 Å². The summed E-state index contributed by atoms with van der Waals surface area (Å²) in [6.45, 7) is 2.11. The molecule has 6 heteroatoms. The molecule has 0 radical (unpaired) electrons. The molecule has 1 fully saturated rings. The molecule has 0 bridgehead atoms. The molecule has 1 aliphatic heterocycles. The Morgan fingerprint density at radius 1 is 1.50 bits per heavy atom. The molecule has 1 saturated heterocycles. The Labute approximate surface area is 102 Å². The van der Waals surface area contributed by atoms with E-state index in [-0.39, 0.29) is 6.54 Å². The van der Waals surface area contributed by atoms with Gasteiger partial charge in [0, 0.05) is 20.2 Å². The molecule has 0 aromatic rings. The first-order chi connectivity index (χ1) is 7.43. The highest BCUT2D eigenvalue weighted by Crippen LogP contribution is 2.28. The van der Waals surface area contributed by atoms with E-state index in [1.807, 2.05) is 4.90 Å². The van der Waals surface area contributed by atoms with Gasteiger partial charge in [-0.05, 0) is 25.3 Å². The fourth-order valence-corrected chi connectivity index (χ4v) is 2.43. The maximum absolute atomic E-state index is 12.4. The van der Waals surface area contributed by atoms with E-state index in [1.165, 1.54) is 0 Å². The third-order valence-electron chi connectivity index (χ3n) is 2.78. The molecule has 0 aromatic carbocycles. The molecule has 1 rings (SSSR count). The normalized spacial score (nSPS) is 25.7. The van der Waals surface area contributed by atoms with E-state index in [9.17, 15) is 13.2 Å². The van der Waals surface area contributed by atoms with E-state index >= 15 is 0 Å². The number of rotatable bonds is 4. The topological polar surface area (TPSA) is 12.5 Å². The van der Waals surface area contributed by atoms with Gasteiger partial charge in [0.25, 0.3) is 0 Å². The molecule has 0 saturated carbocycles. The largest absolute Gasteiger partial charge is 0.402 e. The van der Waals surface area contributed by atoms with Crippen LogP contribution in [0.2, 0.25) is 0 Å². The van der Waals surface area contributed by atoms with Crippen molar-refractivity contribution >= 4 is 15.9 Å². The smallest absolute Gasteiger partial charge is 0.384 e. The number of halogens is 4. The molecule has 2 nitrogen and oxygen atoms in total. The summed E-state index contributed by atoms with van der Waals surface area (Å²) in [4.78, 5) is 0.432. The van der Waals surface area contributed by atoms with Gasteiger partial charge in [0.15, 0.2) is 0 Å². The van der Waals surface area contributed by atoms with E-state index < -0.39 is 11.0 Å². The van der Waals surface area contributed by atoms with Crippen LogP contribution in [0.15, 0.2) is 0 Å². The Morgan fingerprint density at radius 2 is 2.19 bits per heavy atom. The quantitative estimate of drug-likeness (QED) is 0.741. The lowest BCUT2D eigenvalue weighted by Crippen LogP contribution is -2.43. The van der Waals surface area contributed by atoms with Gasteiger partial charge in [-0.25, -0.2) is 0 Å². The molecule has 0 spiro atoms. The molecular weight excluding hydrogens is 287 g/mol. The number of nitrogens with zero attached hydrogens (tertiary/aromatic N) is 1. The van der Waals surface area contributed by atoms with E-state index in [0.29, 0.717) is 19.1 Å². The van der Waals surface area contributed by atoms with Gasteiger partial charge in [0.05, 0.1) is 6.61 Å². The Bertz CT molecular complexity index is 211. The van der Waals surface area contributed by atoms with Gasteiger partial charge in [0.2, 0.25) is 0 Å². The molecule has 0 aliphatic carbocycles. The molecule has 2 unspecified atom stereocenters. The molecule has 96 valence electrons. The van der Waals surface area contributed by atoms with Gasteiger partial charge >= 0.3 is 6.18 Å². The average Bonchev–Trinajstić information content (AvgIpc) is 2.17. The van der Waals surface area contributed by atoms with Crippen LogP contribution in [0.25, 0.3) is 0 Å². The zero-order valence-electron chi connectivity index (χ0n) is 9.26. The minimum atomic E-state index is -4.16. The molecule has 1 heterocycles. The highest BCUT2D eigenvalue weighted by molar-refractivity contribution is 9.09. The lowest BCUT2D eigenvalue weighted by atomic mass is 9.99. The van der Waals surface area contributed by atoms with Crippen molar-refractivity contribution in [3.05, 3.63) is 0 Å². The molecule has 0 amide bonds. The van der Waals surface area contributed by atoms with Gasteiger partial charge in [-0.1, -0.05) is 15.9 Å². The van der Waals surface area contributed by atoms with Crippen molar-refractivity contribution in [1.29, 1.82) is 0 Å². The number of piperidine rings is 1. The molecule has 16 heavy (non-hydrogen) atoms. The summed E-state index contributed by atoms with van der Waals surface area (Å²) in [6.07, 6.45) is -2.16. The van der Waals surface area contributed by atoms with Crippen LogP contribution in [0.3, 0.4) is 0 Å². The molecule has 0 N–H and O–H groups in total. The standard InChI is InChI=1S/C10H17BrF3NO/c1-16-7-8-3-2-4-15(5-8)6-9(11)10(12,13)14/h8-9H,2-7H2,1H3. The lowest BCUT2D eigenvalue weighted by Gasteiger charge is -2.33. The van der Waals surface area contributed by atoms with Crippen LogP contribution in [0, 0.1) is 5.92 Å². The summed E-state index contributed by atoms with van der Waals surface area (Å²) in [7, 11) is 1.63. The van der Waals surface area contributed by atoms with E-state index in [4.69, 9.17) is 4.74 Å². The predicted molar refractivity (Wildman–Crippen MR) is 59.8 cm³/mol. The number of methoxy groups -OCH3 is 1. The first kappa shape index (κ1) is 14.3. The Balaban J connectivity index is 2.37. The highest BCUT2D eigenvalue weighted by atomic mass is 79.9. The zero-order valence-corrected chi connectivity index (χ0v) is 10.9. The number of alkyl halides is 4. The summed E-state index contributed by atoms with van der Waals surface area (Å²) in [6, 6.07) is 0. The second-order valence-electron chi connectivity index (χ2n) is 4.23.